The van der Waals surface area contributed by atoms with Crippen molar-refractivity contribution in [2.75, 3.05) is 0 Å². The maximum atomic E-state index is 10.5. The summed E-state index contributed by atoms with van der Waals surface area (Å²) in [5, 5.41) is 10.5. The number of para-hydroxylation sites is 1. The minimum absolute atomic E-state index is 0.400. The molecule has 0 N–H and O–H groups in total. The third-order valence-corrected chi connectivity index (χ3v) is 1.66. The predicted octanol–water partition coefficient (Wildman–Crippen LogP) is 0.594. The molecule has 0 bridgehead atoms. The molecule has 0 amide bonds. The van der Waals surface area contributed by atoms with E-state index in [0.29, 0.717) is 12.2 Å². The first-order valence-corrected chi connectivity index (χ1v) is 4.16. The molecule has 3 nitrogen and oxygen atoms in total. The highest BCUT2D eigenvalue weighted by atomic mass is 16.5. The van der Waals surface area contributed by atoms with Crippen molar-refractivity contribution in [1.82, 2.24) is 0 Å². The third kappa shape index (κ3) is 2.78. The van der Waals surface area contributed by atoms with Gasteiger partial charge in [0, 0.05) is 0 Å². The summed E-state index contributed by atoms with van der Waals surface area (Å²) in [5.74, 6) is -0.620. The second-order valence-electron chi connectivity index (χ2n) is 2.65. The fraction of sp³-hybridized carbons (Fsp3) is 0.300. The van der Waals surface area contributed by atoms with E-state index in [-0.39, 0.29) is 0 Å². The van der Waals surface area contributed by atoms with Crippen LogP contribution in [0.3, 0.4) is 0 Å². The molecule has 0 radical (unpaired) electrons. The maximum Gasteiger partial charge on any atom is 0.138 e. The SMILES string of the molecule is CC[C@@H](Oc1ccccc1)C(=O)[O-]. The summed E-state index contributed by atoms with van der Waals surface area (Å²) < 4.78 is 5.16. The van der Waals surface area contributed by atoms with E-state index >= 15 is 0 Å². The summed E-state index contributed by atoms with van der Waals surface area (Å²) in [6, 6.07) is 8.85. The van der Waals surface area contributed by atoms with Gasteiger partial charge in [-0.05, 0) is 18.6 Å². The molecule has 0 aliphatic carbocycles. The zero-order valence-corrected chi connectivity index (χ0v) is 7.40. The number of benzene rings is 1. The van der Waals surface area contributed by atoms with E-state index in [4.69, 9.17) is 4.74 Å². The molecule has 3 heteroatoms. The van der Waals surface area contributed by atoms with Crippen LogP contribution in [0.5, 0.6) is 5.75 Å². The maximum absolute atomic E-state index is 10.5. The first-order chi connectivity index (χ1) is 6.24. The molecule has 1 rings (SSSR count). The molecule has 0 fully saturated rings. The number of hydrogen-bond acceptors (Lipinski definition) is 3. The van der Waals surface area contributed by atoms with Crippen molar-refractivity contribution in [3.8, 4) is 5.75 Å². The highest BCUT2D eigenvalue weighted by Crippen LogP contribution is 2.11. The average Bonchev–Trinajstić information content (AvgIpc) is 2.15. The molecule has 0 unspecified atom stereocenters. The van der Waals surface area contributed by atoms with Gasteiger partial charge in [0.15, 0.2) is 0 Å². The van der Waals surface area contributed by atoms with E-state index in [1.165, 1.54) is 0 Å². The van der Waals surface area contributed by atoms with Crippen LogP contribution in [0.25, 0.3) is 0 Å². The largest absolute Gasteiger partial charge is 0.546 e. The Bertz CT molecular complexity index is 269. The van der Waals surface area contributed by atoms with Gasteiger partial charge in [-0.15, -0.1) is 0 Å². The standard InChI is InChI=1S/C10H12O3/c1-2-9(10(11)12)13-8-6-4-3-5-7-8/h3-7,9H,2H2,1H3,(H,11,12)/p-1/t9-/m1/s1. The van der Waals surface area contributed by atoms with Crippen LogP contribution in [-0.2, 0) is 4.79 Å². The lowest BCUT2D eigenvalue weighted by Gasteiger charge is -2.17. The fourth-order valence-corrected chi connectivity index (χ4v) is 0.961. The summed E-state index contributed by atoms with van der Waals surface area (Å²) in [4.78, 5) is 10.5. The van der Waals surface area contributed by atoms with Crippen LogP contribution >= 0.6 is 0 Å². The lowest BCUT2D eigenvalue weighted by atomic mass is 10.3. The predicted molar refractivity (Wildman–Crippen MR) is 46.2 cm³/mol. The molecule has 0 saturated heterocycles. The van der Waals surface area contributed by atoms with Crippen LogP contribution < -0.4 is 9.84 Å². The van der Waals surface area contributed by atoms with Crippen molar-refractivity contribution in [1.29, 1.82) is 0 Å². The summed E-state index contributed by atoms with van der Waals surface area (Å²) in [7, 11) is 0. The Morgan fingerprint density at radius 3 is 2.54 bits per heavy atom. The van der Waals surface area contributed by atoms with Crippen LogP contribution in [0.2, 0.25) is 0 Å². The molecule has 70 valence electrons. The first kappa shape index (κ1) is 9.58. The first-order valence-electron chi connectivity index (χ1n) is 4.16. The van der Waals surface area contributed by atoms with Crippen LogP contribution in [0.1, 0.15) is 13.3 Å². The number of ether oxygens (including phenoxy) is 1. The van der Waals surface area contributed by atoms with Crippen molar-refractivity contribution in [3.05, 3.63) is 30.3 Å². The number of carbonyl (C=O) groups is 1. The van der Waals surface area contributed by atoms with E-state index in [1.54, 1.807) is 31.2 Å². The van der Waals surface area contributed by atoms with Gasteiger partial charge in [-0.3, -0.25) is 0 Å². The van der Waals surface area contributed by atoms with E-state index in [0.717, 1.165) is 0 Å². The number of carboxylic acids is 1. The molecule has 0 heterocycles. The molecule has 0 aromatic heterocycles. The Kier molecular flexibility index (Phi) is 3.31. The van der Waals surface area contributed by atoms with Gasteiger partial charge in [0.2, 0.25) is 0 Å². The lowest BCUT2D eigenvalue weighted by molar-refractivity contribution is -0.313. The number of carbonyl (C=O) groups excluding carboxylic acids is 1. The molecule has 0 aliphatic heterocycles. The van der Waals surface area contributed by atoms with E-state index in [9.17, 15) is 9.90 Å². The van der Waals surface area contributed by atoms with Gasteiger partial charge in [0.1, 0.15) is 11.9 Å². The van der Waals surface area contributed by atoms with Crippen molar-refractivity contribution in [2.24, 2.45) is 0 Å². The van der Waals surface area contributed by atoms with Gasteiger partial charge in [-0.25, -0.2) is 0 Å². The quantitative estimate of drug-likeness (QED) is 0.679. The molecule has 1 aromatic carbocycles. The van der Waals surface area contributed by atoms with Crippen LogP contribution in [0.15, 0.2) is 30.3 Å². The van der Waals surface area contributed by atoms with E-state index in [2.05, 4.69) is 0 Å². The van der Waals surface area contributed by atoms with Crippen molar-refractivity contribution >= 4 is 5.97 Å². The van der Waals surface area contributed by atoms with Gasteiger partial charge in [-0.2, -0.15) is 0 Å². The summed E-state index contributed by atoms with van der Waals surface area (Å²) >= 11 is 0. The smallest absolute Gasteiger partial charge is 0.138 e. The highest BCUT2D eigenvalue weighted by Gasteiger charge is 2.07. The second kappa shape index (κ2) is 4.50. The Labute approximate surface area is 77.0 Å². The Morgan fingerprint density at radius 1 is 1.46 bits per heavy atom. The molecular weight excluding hydrogens is 168 g/mol. The molecule has 0 saturated carbocycles. The van der Waals surface area contributed by atoms with Crippen molar-refractivity contribution in [3.63, 3.8) is 0 Å². The zero-order valence-electron chi connectivity index (χ0n) is 7.40. The third-order valence-electron chi connectivity index (χ3n) is 1.66. The molecule has 1 atom stereocenters. The summed E-state index contributed by atoms with van der Waals surface area (Å²) in [6.07, 6.45) is -0.459. The Balaban J connectivity index is 2.62. The minimum Gasteiger partial charge on any atom is -0.546 e. The highest BCUT2D eigenvalue weighted by molar-refractivity contribution is 5.70. The summed E-state index contributed by atoms with van der Waals surface area (Å²) in [6.45, 7) is 1.74. The zero-order chi connectivity index (χ0) is 9.68. The van der Waals surface area contributed by atoms with Crippen molar-refractivity contribution < 1.29 is 14.6 Å². The van der Waals surface area contributed by atoms with Gasteiger partial charge < -0.3 is 14.6 Å². The topological polar surface area (TPSA) is 49.4 Å². The van der Waals surface area contributed by atoms with Crippen LogP contribution in [-0.4, -0.2) is 12.1 Å². The van der Waals surface area contributed by atoms with Crippen molar-refractivity contribution in [2.45, 2.75) is 19.4 Å². The van der Waals surface area contributed by atoms with E-state index < -0.39 is 12.1 Å². The van der Waals surface area contributed by atoms with Gasteiger partial charge in [0.05, 0.1) is 5.97 Å². The summed E-state index contributed by atoms with van der Waals surface area (Å²) in [5.41, 5.74) is 0. The number of carboxylic acid groups (broad SMARTS) is 1. The lowest BCUT2D eigenvalue weighted by Crippen LogP contribution is -2.39. The van der Waals surface area contributed by atoms with Crippen LogP contribution in [0, 0.1) is 0 Å². The molecule has 0 aliphatic rings. The second-order valence-corrected chi connectivity index (χ2v) is 2.65. The van der Waals surface area contributed by atoms with Gasteiger partial charge in [-0.1, -0.05) is 25.1 Å². The molecule has 1 aromatic rings. The normalized spacial score (nSPS) is 12.1. The molecule has 0 spiro atoms. The molecule has 13 heavy (non-hydrogen) atoms. The van der Waals surface area contributed by atoms with E-state index in [1.807, 2.05) is 6.07 Å². The van der Waals surface area contributed by atoms with Crippen LogP contribution in [0.4, 0.5) is 0 Å². The Hall–Kier alpha value is -1.51. The number of aliphatic carboxylic acids is 1. The minimum atomic E-state index is -1.17. The Morgan fingerprint density at radius 2 is 2.08 bits per heavy atom. The molecular formula is C10H11O3-. The number of hydrogen-bond donors (Lipinski definition) is 0. The van der Waals surface area contributed by atoms with Gasteiger partial charge in [0.25, 0.3) is 0 Å². The average molecular weight is 179 g/mol. The number of rotatable bonds is 4. The fourth-order valence-electron chi connectivity index (χ4n) is 0.961. The monoisotopic (exact) mass is 179 g/mol. The van der Waals surface area contributed by atoms with Gasteiger partial charge >= 0.3 is 0 Å².